The fraction of sp³-hybridized carbons (Fsp3) is 0.0476. The number of nitrogens with one attached hydrogen (secondary N) is 1. The third-order valence-electron chi connectivity index (χ3n) is 4.36. The first-order valence-electron chi connectivity index (χ1n) is 9.04. The lowest BCUT2D eigenvalue weighted by atomic mass is 10.2. The molecule has 4 rings (SSSR count). The van der Waals surface area contributed by atoms with Gasteiger partial charge in [0.15, 0.2) is 5.03 Å². The molecule has 1 N–H and O–H groups in total. The molecule has 0 atom stereocenters. The van der Waals surface area contributed by atoms with Crippen molar-refractivity contribution in [2.45, 2.75) is 9.92 Å². The Morgan fingerprint density at radius 2 is 1.87 bits per heavy atom. The largest absolute Gasteiger partial charge is 0.465 e. The molecule has 0 saturated heterocycles. The molecule has 2 heterocycles. The lowest BCUT2D eigenvalue weighted by Gasteiger charge is -2.11. The number of carbonyl (C=O) groups excluding carboxylic acids is 1. The number of benzene rings is 2. The summed E-state index contributed by atoms with van der Waals surface area (Å²) in [4.78, 5) is 36.7. The van der Waals surface area contributed by atoms with Gasteiger partial charge < -0.3 is 10.1 Å². The van der Waals surface area contributed by atoms with Crippen molar-refractivity contribution in [2.75, 3.05) is 12.4 Å². The van der Waals surface area contributed by atoms with Crippen molar-refractivity contribution in [1.29, 1.82) is 0 Å². The van der Waals surface area contributed by atoms with E-state index >= 15 is 0 Å². The summed E-state index contributed by atoms with van der Waals surface area (Å²) in [5.41, 5.74) is 0.970. The van der Waals surface area contributed by atoms with Crippen LogP contribution < -0.4 is 5.32 Å². The monoisotopic (exact) mass is 433 g/mol. The summed E-state index contributed by atoms with van der Waals surface area (Å²) in [5.74, 6) is -0.608. The van der Waals surface area contributed by atoms with Crippen molar-refractivity contribution in [2.24, 2.45) is 0 Å². The van der Waals surface area contributed by atoms with Crippen LogP contribution in [0, 0.1) is 10.1 Å². The standard InChI is InChI=1S/C21H15N5O4S/c1-30-21(27)14-8-2-3-9-15(14)25-19-18(26(28)29)20(24-12-23-19)31-16-10-4-6-13-7-5-11-22-17(13)16/h2-12H,1H3,(H,23,24,25). The van der Waals surface area contributed by atoms with E-state index in [1.807, 2.05) is 30.3 Å². The molecular formula is C21H15N5O4S. The number of esters is 1. The molecule has 2 aromatic heterocycles. The van der Waals surface area contributed by atoms with Gasteiger partial charge in [-0.05, 0) is 24.3 Å². The Bertz CT molecular complexity index is 1290. The normalized spacial score (nSPS) is 10.6. The number of nitrogens with zero attached hydrogens (tertiary/aromatic N) is 4. The molecule has 0 saturated carbocycles. The summed E-state index contributed by atoms with van der Waals surface area (Å²) in [6.07, 6.45) is 2.90. The van der Waals surface area contributed by atoms with Gasteiger partial charge >= 0.3 is 11.7 Å². The highest BCUT2D eigenvalue weighted by molar-refractivity contribution is 7.99. The highest BCUT2D eigenvalue weighted by Crippen LogP contribution is 2.39. The Morgan fingerprint density at radius 3 is 2.68 bits per heavy atom. The SMILES string of the molecule is COC(=O)c1ccccc1Nc1ncnc(Sc2cccc3cccnc23)c1[N+](=O)[O-]. The number of rotatable bonds is 6. The van der Waals surface area contributed by atoms with Crippen LogP contribution in [0.5, 0.6) is 0 Å². The molecule has 2 aromatic carbocycles. The average Bonchev–Trinajstić information content (AvgIpc) is 2.79. The van der Waals surface area contributed by atoms with Gasteiger partial charge in [0.05, 0.1) is 28.8 Å². The Morgan fingerprint density at radius 1 is 1.06 bits per heavy atom. The first-order valence-corrected chi connectivity index (χ1v) is 9.85. The molecule has 0 amide bonds. The van der Waals surface area contributed by atoms with Gasteiger partial charge in [-0.3, -0.25) is 15.1 Å². The molecule has 9 nitrogen and oxygen atoms in total. The highest BCUT2D eigenvalue weighted by Gasteiger charge is 2.25. The molecule has 0 unspecified atom stereocenters. The Kier molecular flexibility index (Phi) is 5.72. The van der Waals surface area contributed by atoms with E-state index in [9.17, 15) is 14.9 Å². The first kappa shape index (κ1) is 20.2. The maximum atomic E-state index is 12.0. The van der Waals surface area contributed by atoms with Crippen LogP contribution >= 0.6 is 11.8 Å². The summed E-state index contributed by atoms with van der Waals surface area (Å²) in [7, 11) is 1.26. The fourth-order valence-electron chi connectivity index (χ4n) is 2.96. The first-order chi connectivity index (χ1) is 15.1. The maximum absolute atomic E-state index is 12.0. The van der Waals surface area contributed by atoms with Crippen LogP contribution in [0.1, 0.15) is 10.4 Å². The second-order valence-electron chi connectivity index (χ2n) is 6.23. The summed E-state index contributed by atoms with van der Waals surface area (Å²) >= 11 is 1.12. The molecule has 0 radical (unpaired) electrons. The number of para-hydroxylation sites is 2. The molecule has 0 bridgehead atoms. The number of anilines is 2. The molecule has 0 fully saturated rings. The zero-order chi connectivity index (χ0) is 21.8. The third-order valence-corrected chi connectivity index (χ3v) is 5.40. The van der Waals surface area contributed by atoms with Crippen LogP contribution in [0.2, 0.25) is 0 Å². The zero-order valence-electron chi connectivity index (χ0n) is 16.2. The number of methoxy groups -OCH3 is 1. The minimum atomic E-state index is -0.573. The van der Waals surface area contributed by atoms with E-state index in [0.717, 1.165) is 22.0 Å². The summed E-state index contributed by atoms with van der Waals surface area (Å²) in [6.45, 7) is 0. The predicted molar refractivity (Wildman–Crippen MR) is 116 cm³/mol. The molecular weight excluding hydrogens is 418 g/mol. The number of hydrogen-bond acceptors (Lipinski definition) is 9. The highest BCUT2D eigenvalue weighted by atomic mass is 32.2. The third kappa shape index (κ3) is 4.14. The molecule has 154 valence electrons. The second-order valence-corrected chi connectivity index (χ2v) is 7.26. The number of aromatic nitrogens is 3. The summed E-state index contributed by atoms with van der Waals surface area (Å²) in [6, 6.07) is 15.9. The predicted octanol–water partition coefficient (Wildman–Crippen LogP) is 4.61. The van der Waals surface area contributed by atoms with Gasteiger partial charge in [-0.25, -0.2) is 14.8 Å². The van der Waals surface area contributed by atoms with Gasteiger partial charge in [0.2, 0.25) is 5.82 Å². The Labute approximate surface area is 180 Å². The lowest BCUT2D eigenvalue weighted by Crippen LogP contribution is -2.08. The van der Waals surface area contributed by atoms with E-state index in [-0.39, 0.29) is 22.1 Å². The zero-order valence-corrected chi connectivity index (χ0v) is 17.0. The minimum Gasteiger partial charge on any atom is -0.465 e. The van der Waals surface area contributed by atoms with Crippen LogP contribution in [0.3, 0.4) is 0 Å². The van der Waals surface area contributed by atoms with Crippen LogP contribution in [0.25, 0.3) is 10.9 Å². The number of pyridine rings is 1. The number of hydrogen-bond donors (Lipinski definition) is 1. The van der Waals surface area contributed by atoms with Crippen molar-refractivity contribution in [3.63, 3.8) is 0 Å². The molecule has 31 heavy (non-hydrogen) atoms. The number of fused-ring (bicyclic) bond motifs is 1. The smallest absolute Gasteiger partial charge is 0.343 e. The summed E-state index contributed by atoms with van der Waals surface area (Å²) < 4.78 is 4.78. The van der Waals surface area contributed by atoms with E-state index in [2.05, 4.69) is 20.3 Å². The van der Waals surface area contributed by atoms with Crippen molar-refractivity contribution >= 4 is 45.8 Å². The van der Waals surface area contributed by atoms with E-state index in [1.165, 1.54) is 13.4 Å². The quantitative estimate of drug-likeness (QED) is 0.201. The minimum absolute atomic E-state index is 0.0351. The topological polar surface area (TPSA) is 120 Å². The number of carbonyl (C=O) groups is 1. The number of nitro groups is 1. The molecule has 10 heteroatoms. The van der Waals surface area contributed by atoms with Gasteiger partial charge in [0.1, 0.15) is 6.33 Å². The van der Waals surface area contributed by atoms with E-state index in [4.69, 9.17) is 4.74 Å². The van der Waals surface area contributed by atoms with Gasteiger partial charge in [-0.1, -0.05) is 42.1 Å². The van der Waals surface area contributed by atoms with Gasteiger partial charge in [-0.2, -0.15) is 0 Å². The van der Waals surface area contributed by atoms with E-state index in [1.54, 1.807) is 30.5 Å². The molecule has 4 aromatic rings. The maximum Gasteiger partial charge on any atom is 0.343 e. The summed E-state index contributed by atoms with van der Waals surface area (Å²) in [5, 5.41) is 15.9. The number of ether oxygens (including phenoxy) is 1. The van der Waals surface area contributed by atoms with Crippen molar-refractivity contribution in [3.8, 4) is 0 Å². The van der Waals surface area contributed by atoms with Gasteiger partial charge in [0, 0.05) is 16.5 Å². The van der Waals surface area contributed by atoms with Crippen molar-refractivity contribution in [1.82, 2.24) is 15.0 Å². The van der Waals surface area contributed by atoms with Crippen molar-refractivity contribution in [3.05, 3.63) is 82.8 Å². The lowest BCUT2D eigenvalue weighted by molar-refractivity contribution is -0.387. The van der Waals surface area contributed by atoms with Crippen molar-refractivity contribution < 1.29 is 14.5 Å². The van der Waals surface area contributed by atoms with E-state index in [0.29, 0.717) is 11.2 Å². The Balaban J connectivity index is 1.76. The molecule has 0 aliphatic rings. The average molecular weight is 433 g/mol. The van der Waals surface area contributed by atoms with Crippen LogP contribution in [-0.2, 0) is 4.74 Å². The van der Waals surface area contributed by atoms with Gasteiger partial charge in [-0.15, -0.1) is 0 Å². The van der Waals surface area contributed by atoms with Crippen LogP contribution in [-0.4, -0.2) is 33.0 Å². The fourth-order valence-corrected chi connectivity index (χ4v) is 3.95. The van der Waals surface area contributed by atoms with Gasteiger partial charge in [0.25, 0.3) is 0 Å². The second kappa shape index (κ2) is 8.76. The molecule has 0 aliphatic carbocycles. The molecule has 0 aliphatic heterocycles. The Hall–Kier alpha value is -4.05. The van der Waals surface area contributed by atoms with E-state index < -0.39 is 10.9 Å². The molecule has 0 spiro atoms. The van der Waals surface area contributed by atoms with Crippen LogP contribution in [0.15, 0.2) is 77.0 Å². The van der Waals surface area contributed by atoms with Crippen LogP contribution in [0.4, 0.5) is 17.2 Å².